The summed E-state index contributed by atoms with van der Waals surface area (Å²) in [5.74, 6) is -2.25. The second kappa shape index (κ2) is 4.22. The minimum Gasteiger partial charge on any atom is -0.504 e. The van der Waals surface area contributed by atoms with Gasteiger partial charge in [-0.2, -0.15) is 8.42 Å². The van der Waals surface area contributed by atoms with E-state index in [0.717, 1.165) is 11.0 Å². The maximum Gasteiger partial charge on any atom is 0.294 e. The summed E-state index contributed by atoms with van der Waals surface area (Å²) in [7, 11) is -1.79. The molecule has 3 N–H and O–H groups in total. The van der Waals surface area contributed by atoms with Crippen LogP contribution in [0, 0.1) is 0 Å². The Kier molecular flexibility index (Phi) is 3.30. The van der Waals surface area contributed by atoms with Gasteiger partial charge in [-0.15, -0.1) is 0 Å². The highest BCUT2D eigenvalue weighted by molar-refractivity contribution is 7.85. The number of carbonyl (C=O) groups is 1. The molecule has 17 heavy (non-hydrogen) atoms. The Bertz CT molecular complexity index is 563. The van der Waals surface area contributed by atoms with Crippen LogP contribution in [0.5, 0.6) is 11.5 Å². The van der Waals surface area contributed by atoms with Gasteiger partial charge in [-0.1, -0.05) is 0 Å². The second-order valence-corrected chi connectivity index (χ2v) is 4.93. The highest BCUT2D eigenvalue weighted by Gasteiger charge is 2.21. The van der Waals surface area contributed by atoms with Gasteiger partial charge in [0.2, 0.25) is 0 Å². The fraction of sp³-hybridized carbons (Fsp3) is 0.222. The third-order valence-electron chi connectivity index (χ3n) is 2.00. The van der Waals surface area contributed by atoms with Gasteiger partial charge in [-0.25, -0.2) is 0 Å². The van der Waals surface area contributed by atoms with Crippen molar-refractivity contribution in [1.82, 2.24) is 4.90 Å². The number of hydrogen-bond acceptors (Lipinski definition) is 5. The molecule has 0 aliphatic heterocycles. The van der Waals surface area contributed by atoms with Gasteiger partial charge in [0.25, 0.3) is 16.0 Å². The number of phenols is 2. The van der Waals surface area contributed by atoms with Crippen LogP contribution < -0.4 is 0 Å². The SMILES string of the molecule is CN(C)C(=O)c1cc(S(=O)(=O)O)cc(O)c1O. The number of amides is 1. The first-order valence-electron chi connectivity index (χ1n) is 4.39. The van der Waals surface area contributed by atoms with Gasteiger partial charge in [0.05, 0.1) is 10.5 Å². The molecule has 0 bridgehead atoms. The van der Waals surface area contributed by atoms with Crippen LogP contribution in [0.2, 0.25) is 0 Å². The van der Waals surface area contributed by atoms with Crippen LogP contribution in [0.1, 0.15) is 10.4 Å². The molecule has 0 saturated carbocycles. The molecule has 0 heterocycles. The van der Waals surface area contributed by atoms with E-state index in [1.165, 1.54) is 14.1 Å². The van der Waals surface area contributed by atoms with Crippen LogP contribution in [0.4, 0.5) is 0 Å². The van der Waals surface area contributed by atoms with Crippen LogP contribution in [0.3, 0.4) is 0 Å². The summed E-state index contributed by atoms with van der Waals surface area (Å²) in [5, 5.41) is 18.7. The maximum absolute atomic E-state index is 11.6. The first-order chi connectivity index (χ1) is 7.64. The number of phenolic OH excluding ortho intramolecular Hbond substituents is 2. The summed E-state index contributed by atoms with van der Waals surface area (Å²) in [6, 6.07) is 1.43. The summed E-state index contributed by atoms with van der Waals surface area (Å²) in [6.45, 7) is 0. The summed E-state index contributed by atoms with van der Waals surface area (Å²) in [6.07, 6.45) is 0. The lowest BCUT2D eigenvalue weighted by atomic mass is 10.1. The molecule has 0 aromatic heterocycles. The molecular formula is C9H11NO6S. The van der Waals surface area contributed by atoms with Gasteiger partial charge < -0.3 is 15.1 Å². The molecular weight excluding hydrogens is 250 g/mol. The van der Waals surface area contributed by atoms with E-state index in [9.17, 15) is 23.4 Å². The van der Waals surface area contributed by atoms with E-state index in [0.29, 0.717) is 6.07 Å². The zero-order valence-electron chi connectivity index (χ0n) is 9.08. The van der Waals surface area contributed by atoms with Gasteiger partial charge in [0, 0.05) is 20.2 Å². The van der Waals surface area contributed by atoms with Crippen molar-refractivity contribution in [3.05, 3.63) is 17.7 Å². The number of benzene rings is 1. The van der Waals surface area contributed by atoms with E-state index in [1.807, 2.05) is 0 Å². The predicted octanol–water partition coefficient (Wildman–Crippen LogP) is 0.0463. The molecule has 0 spiro atoms. The number of carbonyl (C=O) groups excluding carboxylic acids is 1. The standard InChI is InChI=1S/C9H11NO6S/c1-10(2)9(13)6-3-5(17(14,15)16)4-7(11)8(6)12/h3-4,11-12H,1-2H3,(H,14,15,16). The molecule has 0 saturated heterocycles. The number of hydrogen-bond donors (Lipinski definition) is 3. The smallest absolute Gasteiger partial charge is 0.294 e. The van der Waals surface area contributed by atoms with Crippen LogP contribution in [0.15, 0.2) is 17.0 Å². The molecule has 94 valence electrons. The Morgan fingerprint density at radius 1 is 1.24 bits per heavy atom. The van der Waals surface area contributed by atoms with E-state index in [-0.39, 0.29) is 0 Å². The van der Waals surface area contributed by atoms with E-state index < -0.39 is 38.0 Å². The maximum atomic E-state index is 11.6. The van der Waals surface area contributed by atoms with E-state index in [2.05, 4.69) is 0 Å². The molecule has 1 aromatic rings. The van der Waals surface area contributed by atoms with Gasteiger partial charge in [0.15, 0.2) is 11.5 Å². The van der Waals surface area contributed by atoms with Gasteiger partial charge in [-0.05, 0) is 6.07 Å². The van der Waals surface area contributed by atoms with E-state index in [1.54, 1.807) is 0 Å². The molecule has 7 nitrogen and oxygen atoms in total. The molecule has 0 unspecified atom stereocenters. The first-order valence-corrected chi connectivity index (χ1v) is 5.83. The third-order valence-corrected chi connectivity index (χ3v) is 2.83. The Hall–Kier alpha value is -1.80. The number of rotatable bonds is 2. The number of nitrogens with zero attached hydrogens (tertiary/aromatic N) is 1. The summed E-state index contributed by atoms with van der Waals surface area (Å²) >= 11 is 0. The van der Waals surface area contributed by atoms with E-state index >= 15 is 0 Å². The minimum atomic E-state index is -4.57. The molecule has 0 aliphatic rings. The van der Waals surface area contributed by atoms with Crippen molar-refractivity contribution >= 4 is 16.0 Å². The van der Waals surface area contributed by atoms with Gasteiger partial charge >= 0.3 is 0 Å². The highest BCUT2D eigenvalue weighted by atomic mass is 32.2. The fourth-order valence-electron chi connectivity index (χ4n) is 1.15. The lowest BCUT2D eigenvalue weighted by Gasteiger charge is -2.13. The monoisotopic (exact) mass is 261 g/mol. The zero-order chi connectivity index (χ0) is 13.4. The molecule has 0 atom stereocenters. The van der Waals surface area contributed by atoms with Crippen molar-refractivity contribution in [2.75, 3.05) is 14.1 Å². The van der Waals surface area contributed by atoms with Crippen molar-refractivity contribution in [2.24, 2.45) is 0 Å². The molecule has 0 aliphatic carbocycles. The Balaban J connectivity index is 3.51. The topological polar surface area (TPSA) is 115 Å². The minimum absolute atomic E-state index is 0.414. The van der Waals surface area contributed by atoms with Gasteiger partial charge in [0.1, 0.15) is 0 Å². The molecule has 1 rings (SSSR count). The quantitative estimate of drug-likeness (QED) is 0.511. The number of aromatic hydroxyl groups is 2. The molecule has 0 radical (unpaired) electrons. The fourth-order valence-corrected chi connectivity index (χ4v) is 1.67. The van der Waals surface area contributed by atoms with Crippen molar-refractivity contribution in [2.45, 2.75) is 4.90 Å². The largest absolute Gasteiger partial charge is 0.504 e. The Morgan fingerprint density at radius 2 is 1.76 bits per heavy atom. The van der Waals surface area contributed by atoms with Crippen LogP contribution in [-0.2, 0) is 10.1 Å². The van der Waals surface area contributed by atoms with Crippen molar-refractivity contribution in [3.63, 3.8) is 0 Å². The highest BCUT2D eigenvalue weighted by Crippen LogP contribution is 2.32. The van der Waals surface area contributed by atoms with Crippen LogP contribution in [-0.4, -0.2) is 48.1 Å². The lowest BCUT2D eigenvalue weighted by molar-refractivity contribution is 0.0823. The summed E-state index contributed by atoms with van der Waals surface area (Å²) in [4.78, 5) is 12.0. The van der Waals surface area contributed by atoms with Crippen LogP contribution >= 0.6 is 0 Å². The Morgan fingerprint density at radius 3 is 2.18 bits per heavy atom. The zero-order valence-corrected chi connectivity index (χ0v) is 9.89. The van der Waals surface area contributed by atoms with E-state index in [4.69, 9.17) is 4.55 Å². The van der Waals surface area contributed by atoms with Crippen molar-refractivity contribution in [3.8, 4) is 11.5 Å². The van der Waals surface area contributed by atoms with Crippen LogP contribution in [0.25, 0.3) is 0 Å². The molecule has 0 fully saturated rings. The summed E-state index contributed by atoms with van der Waals surface area (Å²) < 4.78 is 30.6. The van der Waals surface area contributed by atoms with Crippen molar-refractivity contribution in [1.29, 1.82) is 0 Å². The Labute approximate surface area is 97.7 Å². The second-order valence-electron chi connectivity index (χ2n) is 3.51. The summed E-state index contributed by atoms with van der Waals surface area (Å²) in [5.41, 5.74) is -0.414. The lowest BCUT2D eigenvalue weighted by Crippen LogP contribution is -2.22. The normalized spacial score (nSPS) is 11.2. The molecule has 1 amide bonds. The first kappa shape index (κ1) is 13.3. The molecule has 1 aromatic carbocycles. The predicted molar refractivity (Wildman–Crippen MR) is 57.6 cm³/mol. The average Bonchev–Trinajstić information content (AvgIpc) is 2.19. The average molecular weight is 261 g/mol. The third kappa shape index (κ3) is 2.66. The van der Waals surface area contributed by atoms with Gasteiger partial charge in [-0.3, -0.25) is 9.35 Å². The molecule has 8 heteroatoms. The van der Waals surface area contributed by atoms with Crippen molar-refractivity contribution < 1.29 is 28.0 Å².